The number of rotatable bonds is 3. The summed E-state index contributed by atoms with van der Waals surface area (Å²) < 4.78 is 12.8. The van der Waals surface area contributed by atoms with Gasteiger partial charge in [0.1, 0.15) is 12.0 Å². The maximum absolute atomic E-state index is 12.8. The molecule has 25 heavy (non-hydrogen) atoms. The first-order valence-corrected chi connectivity index (χ1v) is 7.67. The number of halogens is 1. The number of carbonyl (C=O) groups is 3. The molecular formula is C16H16FN5O3. The highest BCUT2D eigenvalue weighted by molar-refractivity contribution is 6.14. The van der Waals surface area contributed by atoms with Crippen LogP contribution in [0.4, 0.5) is 4.39 Å². The van der Waals surface area contributed by atoms with Crippen molar-refractivity contribution in [3.8, 4) is 0 Å². The van der Waals surface area contributed by atoms with Crippen LogP contribution in [0.15, 0.2) is 34.4 Å². The Morgan fingerprint density at radius 3 is 2.72 bits per heavy atom. The van der Waals surface area contributed by atoms with Crippen molar-refractivity contribution in [2.75, 3.05) is 0 Å². The fourth-order valence-electron chi connectivity index (χ4n) is 2.57. The first kappa shape index (κ1) is 16.7. The predicted molar refractivity (Wildman–Crippen MR) is 86.7 cm³/mol. The van der Waals surface area contributed by atoms with E-state index in [0.29, 0.717) is 12.0 Å². The van der Waals surface area contributed by atoms with Crippen LogP contribution < -0.4 is 10.9 Å². The first-order valence-electron chi connectivity index (χ1n) is 7.67. The third-order valence-corrected chi connectivity index (χ3v) is 3.82. The summed E-state index contributed by atoms with van der Waals surface area (Å²) in [7, 11) is 0. The van der Waals surface area contributed by atoms with Crippen LogP contribution in [0.25, 0.3) is 0 Å². The summed E-state index contributed by atoms with van der Waals surface area (Å²) in [4.78, 5) is 40.4. The highest BCUT2D eigenvalue weighted by Crippen LogP contribution is 2.22. The van der Waals surface area contributed by atoms with Crippen LogP contribution in [-0.4, -0.2) is 40.8 Å². The Balaban J connectivity index is 1.54. The SMILES string of the molecule is CC1=NN2C(=O)C(C(=O)NNC(=O)Cc3ccc(F)cc3)C=NC2C1. The molecule has 3 rings (SSSR count). The summed E-state index contributed by atoms with van der Waals surface area (Å²) in [6, 6.07) is 5.43. The Labute approximate surface area is 142 Å². The van der Waals surface area contributed by atoms with Crippen molar-refractivity contribution >= 4 is 29.6 Å². The zero-order valence-electron chi connectivity index (χ0n) is 13.4. The van der Waals surface area contributed by atoms with Gasteiger partial charge in [-0.15, -0.1) is 0 Å². The normalized spacial score (nSPS) is 21.6. The van der Waals surface area contributed by atoms with E-state index in [1.807, 2.05) is 0 Å². The summed E-state index contributed by atoms with van der Waals surface area (Å²) in [6.07, 6.45) is 1.40. The first-order chi connectivity index (χ1) is 11.9. The third-order valence-electron chi connectivity index (χ3n) is 3.82. The Kier molecular flexibility index (Phi) is 4.55. The van der Waals surface area contributed by atoms with Crippen LogP contribution in [0.3, 0.4) is 0 Å². The standard InChI is InChI=1S/C16H16FN5O3/c1-9-6-13-18-8-12(16(25)22(13)21-9)15(24)20-19-14(23)7-10-2-4-11(17)5-3-10/h2-5,8,12-13H,6-7H2,1H3,(H,19,23)(H,20,24). The molecule has 1 aromatic rings. The topological polar surface area (TPSA) is 103 Å². The van der Waals surface area contributed by atoms with E-state index >= 15 is 0 Å². The minimum absolute atomic E-state index is 0.0368. The van der Waals surface area contributed by atoms with Gasteiger partial charge in [-0.05, 0) is 24.6 Å². The molecular weight excluding hydrogens is 329 g/mol. The minimum Gasteiger partial charge on any atom is -0.273 e. The maximum atomic E-state index is 12.8. The zero-order chi connectivity index (χ0) is 18.0. The maximum Gasteiger partial charge on any atom is 0.262 e. The van der Waals surface area contributed by atoms with Crippen molar-refractivity contribution in [2.24, 2.45) is 16.0 Å². The molecule has 8 nitrogen and oxygen atoms in total. The number of hydrogen-bond donors (Lipinski definition) is 2. The Hall–Kier alpha value is -3.10. The molecule has 0 radical (unpaired) electrons. The molecule has 2 aliphatic heterocycles. The number of amides is 3. The molecule has 2 atom stereocenters. The quantitative estimate of drug-likeness (QED) is 0.602. The lowest BCUT2D eigenvalue weighted by molar-refractivity contribution is -0.142. The highest BCUT2D eigenvalue weighted by Gasteiger charge is 2.39. The molecule has 0 spiro atoms. The number of hydrogen-bond acceptors (Lipinski definition) is 5. The van der Waals surface area contributed by atoms with E-state index in [1.165, 1.54) is 35.5 Å². The van der Waals surface area contributed by atoms with Crippen LogP contribution in [0.5, 0.6) is 0 Å². The van der Waals surface area contributed by atoms with Gasteiger partial charge in [0.25, 0.3) is 11.8 Å². The van der Waals surface area contributed by atoms with Gasteiger partial charge in [0.2, 0.25) is 5.91 Å². The Bertz CT molecular complexity index is 774. The van der Waals surface area contributed by atoms with Crippen LogP contribution in [0.2, 0.25) is 0 Å². The van der Waals surface area contributed by atoms with E-state index < -0.39 is 29.5 Å². The summed E-state index contributed by atoms with van der Waals surface area (Å²) in [5, 5.41) is 5.27. The molecule has 2 aliphatic rings. The van der Waals surface area contributed by atoms with Crippen LogP contribution in [0, 0.1) is 11.7 Å². The van der Waals surface area contributed by atoms with Crippen molar-refractivity contribution in [1.82, 2.24) is 15.9 Å². The molecule has 2 unspecified atom stereocenters. The number of hydrazone groups is 1. The van der Waals surface area contributed by atoms with Crippen LogP contribution in [0.1, 0.15) is 18.9 Å². The van der Waals surface area contributed by atoms with Crippen LogP contribution in [-0.2, 0) is 20.8 Å². The van der Waals surface area contributed by atoms with E-state index in [9.17, 15) is 18.8 Å². The monoisotopic (exact) mass is 345 g/mol. The molecule has 2 N–H and O–H groups in total. The summed E-state index contributed by atoms with van der Waals surface area (Å²) in [5.74, 6) is -3.21. The van der Waals surface area contributed by atoms with E-state index in [-0.39, 0.29) is 12.6 Å². The molecule has 9 heteroatoms. The molecule has 3 amide bonds. The molecule has 0 saturated heterocycles. The van der Waals surface area contributed by atoms with Gasteiger partial charge in [-0.25, -0.2) is 9.40 Å². The average molecular weight is 345 g/mol. The molecule has 0 fully saturated rings. The van der Waals surface area contributed by atoms with Gasteiger partial charge < -0.3 is 0 Å². The van der Waals surface area contributed by atoms with E-state index in [0.717, 1.165) is 5.71 Å². The van der Waals surface area contributed by atoms with Gasteiger partial charge in [-0.3, -0.25) is 30.2 Å². The zero-order valence-corrected chi connectivity index (χ0v) is 13.4. The second kappa shape index (κ2) is 6.80. The molecule has 1 aromatic carbocycles. The number of carbonyl (C=O) groups excluding carboxylic acids is 3. The van der Waals surface area contributed by atoms with Gasteiger partial charge in [0.15, 0.2) is 5.92 Å². The van der Waals surface area contributed by atoms with E-state index in [2.05, 4.69) is 20.9 Å². The number of benzene rings is 1. The number of hydrazine groups is 1. The lowest BCUT2D eigenvalue weighted by Crippen LogP contribution is -2.52. The van der Waals surface area contributed by atoms with Crippen LogP contribution >= 0.6 is 0 Å². The molecule has 130 valence electrons. The number of nitrogens with zero attached hydrogens (tertiary/aromatic N) is 3. The Morgan fingerprint density at radius 2 is 2.00 bits per heavy atom. The van der Waals surface area contributed by atoms with E-state index in [1.54, 1.807) is 6.92 Å². The van der Waals surface area contributed by atoms with Gasteiger partial charge in [-0.1, -0.05) is 12.1 Å². The lowest BCUT2D eigenvalue weighted by Gasteiger charge is -2.25. The fraction of sp³-hybridized carbons (Fsp3) is 0.312. The average Bonchev–Trinajstić information content (AvgIpc) is 2.96. The van der Waals surface area contributed by atoms with Crippen molar-refractivity contribution in [3.05, 3.63) is 35.6 Å². The smallest absolute Gasteiger partial charge is 0.262 e. The minimum atomic E-state index is -1.14. The van der Waals surface area contributed by atoms with Crippen molar-refractivity contribution in [3.63, 3.8) is 0 Å². The van der Waals surface area contributed by atoms with Gasteiger partial charge in [-0.2, -0.15) is 5.10 Å². The number of aliphatic imine (C=N–C) groups is 1. The van der Waals surface area contributed by atoms with E-state index in [4.69, 9.17) is 0 Å². The summed E-state index contributed by atoms with van der Waals surface area (Å²) >= 11 is 0. The fourth-order valence-corrected chi connectivity index (χ4v) is 2.57. The molecule has 0 aliphatic carbocycles. The second-order valence-corrected chi connectivity index (χ2v) is 5.82. The third kappa shape index (κ3) is 3.70. The van der Waals surface area contributed by atoms with Gasteiger partial charge >= 0.3 is 0 Å². The second-order valence-electron chi connectivity index (χ2n) is 5.82. The van der Waals surface area contributed by atoms with Gasteiger partial charge in [0, 0.05) is 18.3 Å². The number of fused-ring (bicyclic) bond motifs is 1. The summed E-state index contributed by atoms with van der Waals surface area (Å²) in [5.41, 5.74) is 5.80. The van der Waals surface area contributed by atoms with Crippen molar-refractivity contribution in [1.29, 1.82) is 0 Å². The molecule has 2 heterocycles. The highest BCUT2D eigenvalue weighted by atomic mass is 19.1. The number of nitrogens with one attached hydrogen (secondary N) is 2. The van der Waals surface area contributed by atoms with Gasteiger partial charge in [0.05, 0.1) is 6.42 Å². The molecule has 0 saturated carbocycles. The molecule has 0 aromatic heterocycles. The van der Waals surface area contributed by atoms with Crippen molar-refractivity contribution < 1.29 is 18.8 Å². The lowest BCUT2D eigenvalue weighted by atomic mass is 10.1. The van der Waals surface area contributed by atoms with Crippen molar-refractivity contribution in [2.45, 2.75) is 25.9 Å². The predicted octanol–water partition coefficient (Wildman–Crippen LogP) is 0.151. The largest absolute Gasteiger partial charge is 0.273 e. The Morgan fingerprint density at radius 1 is 1.28 bits per heavy atom. The molecule has 0 bridgehead atoms. The summed E-state index contributed by atoms with van der Waals surface area (Å²) in [6.45, 7) is 1.78.